The Bertz CT molecular complexity index is 621. The van der Waals surface area contributed by atoms with Crippen LogP contribution in [0, 0.1) is 0 Å². The van der Waals surface area contributed by atoms with Crippen LogP contribution in [0.1, 0.15) is 24.1 Å². The molecule has 1 atom stereocenters. The van der Waals surface area contributed by atoms with E-state index in [-0.39, 0.29) is 12.6 Å². The highest BCUT2D eigenvalue weighted by Gasteiger charge is 2.23. The van der Waals surface area contributed by atoms with Crippen molar-refractivity contribution in [2.45, 2.75) is 31.8 Å². The minimum Gasteiger partial charge on any atom is -0.394 e. The summed E-state index contributed by atoms with van der Waals surface area (Å²) in [5, 5.41) is 14.9. The lowest BCUT2D eigenvalue weighted by atomic mass is 10.0. The number of rotatable bonds is 5. The molecule has 7 heteroatoms. The summed E-state index contributed by atoms with van der Waals surface area (Å²) in [5.74, 6) is 1.70. The lowest BCUT2D eigenvalue weighted by molar-refractivity contribution is 0.239. The van der Waals surface area contributed by atoms with Crippen molar-refractivity contribution < 1.29 is 5.11 Å². The minimum atomic E-state index is 0.169. The zero-order valence-corrected chi connectivity index (χ0v) is 14.6. The Morgan fingerprint density at radius 1 is 1.41 bits per heavy atom. The molecular formula is C15H19BrN4OS. The molecule has 0 aromatic carbocycles. The standard InChI is InChI=1S/C15H19BrN4OS/c16-12-4-6-22-13(12)8-17-14-7-15(19-10-18-14)20-5-2-1-3-11(20)9-21/h4,6-7,10-11,21H,1-3,5,8-9H2,(H,17,18,19). The van der Waals surface area contributed by atoms with E-state index < -0.39 is 0 Å². The number of aromatic nitrogens is 2. The molecule has 1 aliphatic heterocycles. The van der Waals surface area contributed by atoms with Gasteiger partial charge in [-0.25, -0.2) is 9.97 Å². The van der Waals surface area contributed by atoms with Crippen molar-refractivity contribution >= 4 is 38.9 Å². The molecule has 3 rings (SSSR count). The van der Waals surface area contributed by atoms with Crippen molar-refractivity contribution in [3.63, 3.8) is 0 Å². The molecule has 2 aromatic heterocycles. The summed E-state index contributed by atoms with van der Waals surface area (Å²) >= 11 is 5.24. The number of piperidine rings is 1. The van der Waals surface area contributed by atoms with E-state index in [4.69, 9.17) is 0 Å². The van der Waals surface area contributed by atoms with Crippen molar-refractivity contribution in [1.29, 1.82) is 0 Å². The molecule has 0 amide bonds. The number of nitrogens with one attached hydrogen (secondary N) is 1. The molecular weight excluding hydrogens is 364 g/mol. The van der Waals surface area contributed by atoms with E-state index in [2.05, 4.69) is 41.5 Å². The molecule has 1 unspecified atom stereocenters. The van der Waals surface area contributed by atoms with E-state index in [0.29, 0.717) is 0 Å². The maximum absolute atomic E-state index is 9.55. The van der Waals surface area contributed by atoms with Crippen LogP contribution in [-0.2, 0) is 6.54 Å². The Balaban J connectivity index is 1.70. The van der Waals surface area contributed by atoms with Crippen LogP contribution >= 0.6 is 27.3 Å². The zero-order valence-electron chi connectivity index (χ0n) is 12.2. The van der Waals surface area contributed by atoms with E-state index in [1.165, 1.54) is 11.3 Å². The Morgan fingerprint density at radius 2 is 2.32 bits per heavy atom. The normalized spacial score (nSPS) is 18.5. The SMILES string of the molecule is OCC1CCCCN1c1cc(NCc2sccc2Br)ncn1. The van der Waals surface area contributed by atoms with Gasteiger partial charge in [-0.15, -0.1) is 11.3 Å². The number of hydrogen-bond acceptors (Lipinski definition) is 6. The van der Waals surface area contributed by atoms with E-state index in [1.54, 1.807) is 17.7 Å². The topological polar surface area (TPSA) is 61.3 Å². The van der Waals surface area contributed by atoms with Crippen molar-refractivity contribution in [2.24, 2.45) is 0 Å². The maximum atomic E-state index is 9.55. The Kier molecular flexibility index (Phi) is 5.28. The number of thiophene rings is 1. The number of halogens is 1. The molecule has 2 N–H and O–H groups in total. The lowest BCUT2D eigenvalue weighted by Crippen LogP contribution is -2.42. The molecule has 5 nitrogen and oxygen atoms in total. The quantitative estimate of drug-likeness (QED) is 0.830. The molecule has 0 radical (unpaired) electrons. The average Bonchev–Trinajstić information content (AvgIpc) is 2.98. The van der Waals surface area contributed by atoms with Crippen LogP contribution in [0.2, 0.25) is 0 Å². The first-order valence-electron chi connectivity index (χ1n) is 7.43. The Hall–Kier alpha value is -1.18. The predicted molar refractivity (Wildman–Crippen MR) is 93.4 cm³/mol. The summed E-state index contributed by atoms with van der Waals surface area (Å²) in [5.41, 5.74) is 0. The van der Waals surface area contributed by atoms with Crippen molar-refractivity contribution in [1.82, 2.24) is 9.97 Å². The maximum Gasteiger partial charge on any atom is 0.134 e. The molecule has 3 heterocycles. The Morgan fingerprint density at radius 3 is 3.09 bits per heavy atom. The third-order valence-corrected chi connectivity index (χ3v) is 5.83. The van der Waals surface area contributed by atoms with Gasteiger partial charge < -0.3 is 15.3 Å². The molecule has 2 aromatic rings. The molecule has 0 saturated carbocycles. The minimum absolute atomic E-state index is 0.169. The van der Waals surface area contributed by atoms with Crippen LogP contribution in [0.3, 0.4) is 0 Å². The average molecular weight is 383 g/mol. The summed E-state index contributed by atoms with van der Waals surface area (Å²) in [4.78, 5) is 12.1. The van der Waals surface area contributed by atoms with Crippen molar-refractivity contribution in [2.75, 3.05) is 23.4 Å². The summed E-state index contributed by atoms with van der Waals surface area (Å²) in [7, 11) is 0. The summed E-state index contributed by atoms with van der Waals surface area (Å²) in [6.07, 6.45) is 4.92. The second-order valence-corrected chi connectivity index (χ2v) is 7.19. The highest BCUT2D eigenvalue weighted by Crippen LogP contribution is 2.26. The van der Waals surface area contributed by atoms with Crippen LogP contribution < -0.4 is 10.2 Å². The van der Waals surface area contributed by atoms with Gasteiger partial charge in [-0.05, 0) is 46.6 Å². The fourth-order valence-corrected chi connectivity index (χ4v) is 4.15. The van der Waals surface area contributed by atoms with E-state index in [0.717, 1.165) is 42.0 Å². The van der Waals surface area contributed by atoms with Crippen LogP contribution in [0.4, 0.5) is 11.6 Å². The summed E-state index contributed by atoms with van der Waals surface area (Å²) in [6, 6.07) is 4.19. The highest BCUT2D eigenvalue weighted by molar-refractivity contribution is 9.10. The number of aliphatic hydroxyl groups is 1. The van der Waals surface area contributed by atoms with Gasteiger partial charge in [0.25, 0.3) is 0 Å². The molecule has 1 aliphatic rings. The fraction of sp³-hybridized carbons (Fsp3) is 0.467. The third kappa shape index (κ3) is 3.59. The second kappa shape index (κ2) is 7.39. The fourth-order valence-electron chi connectivity index (χ4n) is 2.71. The van der Waals surface area contributed by atoms with Gasteiger partial charge in [0.15, 0.2) is 0 Å². The van der Waals surface area contributed by atoms with Crippen LogP contribution in [0.5, 0.6) is 0 Å². The first-order chi connectivity index (χ1) is 10.8. The van der Waals surface area contributed by atoms with Crippen molar-refractivity contribution in [3.05, 3.63) is 33.2 Å². The van der Waals surface area contributed by atoms with E-state index in [1.807, 2.05) is 12.1 Å². The monoisotopic (exact) mass is 382 g/mol. The molecule has 1 saturated heterocycles. The van der Waals surface area contributed by atoms with Crippen molar-refractivity contribution in [3.8, 4) is 0 Å². The van der Waals surface area contributed by atoms with Gasteiger partial charge in [0.2, 0.25) is 0 Å². The van der Waals surface area contributed by atoms with Gasteiger partial charge >= 0.3 is 0 Å². The van der Waals surface area contributed by atoms with Gasteiger partial charge in [0, 0.05) is 22.0 Å². The number of aliphatic hydroxyl groups excluding tert-OH is 1. The second-order valence-electron chi connectivity index (χ2n) is 5.33. The number of anilines is 2. The molecule has 22 heavy (non-hydrogen) atoms. The van der Waals surface area contributed by atoms with E-state index in [9.17, 15) is 5.11 Å². The zero-order chi connectivity index (χ0) is 15.4. The van der Waals surface area contributed by atoms with Gasteiger partial charge in [-0.1, -0.05) is 0 Å². The summed E-state index contributed by atoms with van der Waals surface area (Å²) < 4.78 is 1.12. The van der Waals surface area contributed by atoms with Crippen LogP contribution in [-0.4, -0.2) is 34.3 Å². The molecule has 0 spiro atoms. The molecule has 118 valence electrons. The molecule has 1 fully saturated rings. The third-order valence-electron chi connectivity index (χ3n) is 3.91. The lowest BCUT2D eigenvalue weighted by Gasteiger charge is -2.35. The largest absolute Gasteiger partial charge is 0.394 e. The van der Waals surface area contributed by atoms with Gasteiger partial charge in [-0.2, -0.15) is 0 Å². The number of nitrogens with zero attached hydrogens (tertiary/aromatic N) is 3. The predicted octanol–water partition coefficient (Wildman–Crippen LogP) is 3.26. The molecule has 0 bridgehead atoms. The number of hydrogen-bond donors (Lipinski definition) is 2. The highest BCUT2D eigenvalue weighted by atomic mass is 79.9. The molecule has 0 aliphatic carbocycles. The van der Waals surface area contributed by atoms with Gasteiger partial charge in [-0.3, -0.25) is 0 Å². The Labute approximate surface area is 142 Å². The van der Waals surface area contributed by atoms with Crippen LogP contribution in [0.25, 0.3) is 0 Å². The van der Waals surface area contributed by atoms with E-state index >= 15 is 0 Å². The van der Waals surface area contributed by atoms with Gasteiger partial charge in [0.05, 0.1) is 19.2 Å². The van der Waals surface area contributed by atoms with Crippen LogP contribution in [0.15, 0.2) is 28.3 Å². The first-order valence-corrected chi connectivity index (χ1v) is 9.10. The van der Waals surface area contributed by atoms with Gasteiger partial charge in [0.1, 0.15) is 18.0 Å². The summed E-state index contributed by atoms with van der Waals surface area (Å²) in [6.45, 7) is 1.85. The smallest absolute Gasteiger partial charge is 0.134 e. The first kappa shape index (κ1) is 15.7.